The molecule has 132 valence electrons. The number of hydrogen-bond acceptors (Lipinski definition) is 4. The van der Waals surface area contributed by atoms with E-state index in [2.05, 4.69) is 4.98 Å². The number of pyridine rings is 1. The van der Waals surface area contributed by atoms with E-state index in [0.29, 0.717) is 12.2 Å². The van der Waals surface area contributed by atoms with Crippen LogP contribution in [0.3, 0.4) is 0 Å². The van der Waals surface area contributed by atoms with Crippen molar-refractivity contribution in [3.63, 3.8) is 0 Å². The molecule has 5 heteroatoms. The van der Waals surface area contributed by atoms with Gasteiger partial charge in [0.25, 0.3) is 5.91 Å². The molecule has 1 aromatic heterocycles. The molecule has 1 fully saturated rings. The molecule has 0 unspecified atom stereocenters. The van der Waals surface area contributed by atoms with E-state index in [1.165, 1.54) is 0 Å². The fraction of sp³-hybridized carbons (Fsp3) is 0.400. The molecule has 0 bridgehead atoms. The van der Waals surface area contributed by atoms with Crippen LogP contribution in [-0.2, 0) is 5.60 Å². The van der Waals surface area contributed by atoms with Gasteiger partial charge in [-0.05, 0) is 56.5 Å². The molecule has 1 aromatic carbocycles. The molecule has 0 aliphatic carbocycles. The second-order valence-electron chi connectivity index (χ2n) is 6.70. The zero-order chi connectivity index (χ0) is 18.0. The fourth-order valence-corrected chi connectivity index (χ4v) is 3.52. The lowest BCUT2D eigenvalue weighted by Gasteiger charge is -2.37. The van der Waals surface area contributed by atoms with Gasteiger partial charge in [0.15, 0.2) is 0 Å². The van der Waals surface area contributed by atoms with Crippen molar-refractivity contribution < 1.29 is 14.6 Å². The number of carbonyl (C=O) groups is 1. The lowest BCUT2D eigenvalue weighted by Crippen LogP contribution is -2.48. The van der Waals surface area contributed by atoms with Crippen molar-refractivity contribution >= 4 is 5.91 Å². The first-order valence-corrected chi connectivity index (χ1v) is 8.55. The summed E-state index contributed by atoms with van der Waals surface area (Å²) in [5.41, 5.74) is 0.874. The number of rotatable bonds is 4. The maximum atomic E-state index is 12.9. The summed E-state index contributed by atoms with van der Waals surface area (Å²) < 4.78 is 5.18. The third-order valence-electron chi connectivity index (χ3n) is 4.94. The third kappa shape index (κ3) is 3.37. The van der Waals surface area contributed by atoms with E-state index in [1.54, 1.807) is 25.0 Å². The van der Waals surface area contributed by atoms with Crippen molar-refractivity contribution in [2.75, 3.05) is 13.7 Å². The molecule has 0 saturated carbocycles. The number of aryl methyl sites for hydroxylation is 1. The highest BCUT2D eigenvalue weighted by Gasteiger charge is 2.43. The lowest BCUT2D eigenvalue weighted by atomic mass is 9.86. The highest BCUT2D eigenvalue weighted by atomic mass is 16.5. The van der Waals surface area contributed by atoms with E-state index in [4.69, 9.17) is 4.74 Å². The van der Waals surface area contributed by atoms with Crippen molar-refractivity contribution in [2.24, 2.45) is 0 Å². The van der Waals surface area contributed by atoms with E-state index < -0.39 is 5.60 Å². The number of ether oxygens (including phenoxy) is 1. The largest absolute Gasteiger partial charge is 0.497 e. The molecule has 2 aromatic rings. The van der Waals surface area contributed by atoms with Gasteiger partial charge in [-0.2, -0.15) is 0 Å². The Hall–Kier alpha value is -2.40. The van der Waals surface area contributed by atoms with Gasteiger partial charge in [-0.15, -0.1) is 0 Å². The van der Waals surface area contributed by atoms with Crippen LogP contribution in [-0.4, -0.2) is 40.6 Å². The van der Waals surface area contributed by atoms with E-state index in [1.807, 2.05) is 43.3 Å². The van der Waals surface area contributed by atoms with Crippen molar-refractivity contribution in [3.8, 4) is 5.75 Å². The van der Waals surface area contributed by atoms with Gasteiger partial charge in [-0.1, -0.05) is 18.2 Å². The van der Waals surface area contributed by atoms with Crippen molar-refractivity contribution in [2.45, 2.75) is 38.3 Å². The quantitative estimate of drug-likeness (QED) is 0.929. The molecule has 1 aliphatic heterocycles. The van der Waals surface area contributed by atoms with Crippen molar-refractivity contribution in [1.29, 1.82) is 0 Å². The molecule has 1 aliphatic rings. The Morgan fingerprint density at radius 3 is 2.64 bits per heavy atom. The summed E-state index contributed by atoms with van der Waals surface area (Å²) >= 11 is 0. The number of likely N-dealkylation sites (tertiary alicyclic amines) is 1. The minimum Gasteiger partial charge on any atom is -0.497 e. The van der Waals surface area contributed by atoms with Crippen LogP contribution in [0.1, 0.15) is 41.5 Å². The van der Waals surface area contributed by atoms with Crippen LogP contribution in [0.25, 0.3) is 0 Å². The third-order valence-corrected chi connectivity index (χ3v) is 4.94. The molecule has 0 radical (unpaired) electrons. The Balaban J connectivity index is 1.87. The van der Waals surface area contributed by atoms with Crippen LogP contribution in [0.5, 0.6) is 5.75 Å². The van der Waals surface area contributed by atoms with Gasteiger partial charge in [0.05, 0.1) is 13.2 Å². The summed E-state index contributed by atoms with van der Waals surface area (Å²) in [6.07, 6.45) is 1.63. The first-order chi connectivity index (χ1) is 11.9. The highest BCUT2D eigenvalue weighted by molar-refractivity contribution is 5.92. The molecule has 0 spiro atoms. The topological polar surface area (TPSA) is 62.7 Å². The number of nitrogens with zero attached hydrogens (tertiary/aromatic N) is 2. The monoisotopic (exact) mass is 340 g/mol. The molecule has 2 heterocycles. The van der Waals surface area contributed by atoms with Gasteiger partial charge in [-0.25, -0.2) is 4.98 Å². The average Bonchev–Trinajstić information content (AvgIpc) is 3.11. The smallest absolute Gasteiger partial charge is 0.272 e. The summed E-state index contributed by atoms with van der Waals surface area (Å²) in [5, 5.41) is 11.2. The van der Waals surface area contributed by atoms with Gasteiger partial charge < -0.3 is 14.7 Å². The minimum atomic E-state index is -1.14. The molecule has 3 rings (SSSR count). The van der Waals surface area contributed by atoms with Gasteiger partial charge in [0.1, 0.15) is 17.0 Å². The first-order valence-electron chi connectivity index (χ1n) is 8.55. The fourth-order valence-electron chi connectivity index (χ4n) is 3.52. The number of aliphatic hydroxyl groups is 1. The highest BCUT2D eigenvalue weighted by Crippen LogP contribution is 2.36. The minimum absolute atomic E-state index is 0.125. The van der Waals surface area contributed by atoms with E-state index in [0.717, 1.165) is 29.8 Å². The van der Waals surface area contributed by atoms with Gasteiger partial charge in [0, 0.05) is 12.2 Å². The summed E-state index contributed by atoms with van der Waals surface area (Å²) in [4.78, 5) is 19.0. The van der Waals surface area contributed by atoms with Crippen LogP contribution in [0.2, 0.25) is 0 Å². The van der Waals surface area contributed by atoms with Crippen molar-refractivity contribution in [3.05, 3.63) is 59.4 Å². The van der Waals surface area contributed by atoms with Crippen LogP contribution >= 0.6 is 0 Å². The summed E-state index contributed by atoms with van der Waals surface area (Å²) in [7, 11) is 1.61. The van der Waals surface area contributed by atoms with E-state index in [-0.39, 0.29) is 11.9 Å². The van der Waals surface area contributed by atoms with Crippen LogP contribution in [0, 0.1) is 6.92 Å². The molecule has 1 N–H and O–H groups in total. The molecular weight excluding hydrogens is 316 g/mol. The van der Waals surface area contributed by atoms with Crippen LogP contribution in [0.15, 0.2) is 42.5 Å². The van der Waals surface area contributed by atoms with Crippen LogP contribution < -0.4 is 4.74 Å². The zero-order valence-corrected chi connectivity index (χ0v) is 14.9. The van der Waals surface area contributed by atoms with E-state index in [9.17, 15) is 9.90 Å². The number of aromatic nitrogens is 1. The number of methoxy groups -OCH3 is 1. The van der Waals surface area contributed by atoms with Crippen LogP contribution in [0.4, 0.5) is 0 Å². The first kappa shape index (κ1) is 17.4. The Labute approximate surface area is 148 Å². The Morgan fingerprint density at radius 2 is 2.00 bits per heavy atom. The van der Waals surface area contributed by atoms with Gasteiger partial charge in [0.2, 0.25) is 0 Å². The Kier molecular flexibility index (Phi) is 4.77. The SMILES string of the molecule is COc1ccc([C@](C)(O)[C@H]2CCCN2C(=O)c2cccc(C)n2)cc1. The number of amides is 1. The van der Waals surface area contributed by atoms with E-state index >= 15 is 0 Å². The average molecular weight is 340 g/mol. The zero-order valence-electron chi connectivity index (χ0n) is 14.9. The van der Waals surface area contributed by atoms with Gasteiger partial charge in [-0.3, -0.25) is 4.79 Å². The molecule has 1 saturated heterocycles. The second-order valence-corrected chi connectivity index (χ2v) is 6.70. The molecule has 1 amide bonds. The lowest BCUT2D eigenvalue weighted by molar-refractivity contribution is -0.0179. The maximum Gasteiger partial charge on any atom is 0.272 e. The molecular formula is C20H24N2O3. The Morgan fingerprint density at radius 1 is 1.28 bits per heavy atom. The molecule has 5 nitrogen and oxygen atoms in total. The van der Waals surface area contributed by atoms with Gasteiger partial charge >= 0.3 is 0 Å². The second kappa shape index (κ2) is 6.84. The summed E-state index contributed by atoms with van der Waals surface area (Å²) in [6.45, 7) is 4.27. The number of carbonyl (C=O) groups excluding carboxylic acids is 1. The molecule has 2 atom stereocenters. The predicted molar refractivity (Wildman–Crippen MR) is 95.6 cm³/mol. The summed E-state index contributed by atoms with van der Waals surface area (Å²) in [6, 6.07) is 12.5. The standard InChI is InChI=1S/C20H24N2O3/c1-14-6-4-7-17(21-14)19(23)22-13-5-8-18(22)20(2,24)15-9-11-16(25-3)12-10-15/h4,6-7,9-12,18,24H,5,8,13H2,1-3H3/t18-,20+/m1/s1. The Bertz CT molecular complexity index is 756. The summed E-state index contributed by atoms with van der Waals surface area (Å²) in [5.74, 6) is 0.614. The number of benzene rings is 1. The maximum absolute atomic E-state index is 12.9. The normalized spacial score (nSPS) is 19.5. The molecule has 25 heavy (non-hydrogen) atoms. The van der Waals surface area contributed by atoms with Crippen molar-refractivity contribution in [1.82, 2.24) is 9.88 Å². The predicted octanol–water partition coefficient (Wildman–Crippen LogP) is 2.91. The number of hydrogen-bond donors (Lipinski definition) is 1.